The van der Waals surface area contributed by atoms with E-state index in [-0.39, 0.29) is 5.12 Å². The normalized spacial score (nSPS) is 10.4. The van der Waals surface area contributed by atoms with Gasteiger partial charge in [-0.2, -0.15) is 5.26 Å². The van der Waals surface area contributed by atoms with Crippen LogP contribution in [0.25, 0.3) is 6.08 Å². The fraction of sp³-hybridized carbons (Fsp3) is 0.231. The average molecular weight is 246 g/mol. The second-order valence-corrected chi connectivity index (χ2v) is 4.76. The largest absolute Gasteiger partial charge is 0.398 e. The lowest BCUT2D eigenvalue weighted by atomic mass is 10.1. The quantitative estimate of drug-likeness (QED) is 0.655. The lowest BCUT2D eigenvalue weighted by Crippen LogP contribution is -1.90. The molecular formula is C13H14N2OS. The van der Waals surface area contributed by atoms with Gasteiger partial charge in [0.15, 0.2) is 5.12 Å². The average Bonchev–Trinajstić information content (AvgIpc) is 2.30. The summed E-state index contributed by atoms with van der Waals surface area (Å²) in [6.07, 6.45) is 4.65. The number of carbonyl (C=O) groups is 1. The van der Waals surface area contributed by atoms with E-state index in [0.29, 0.717) is 11.3 Å². The van der Waals surface area contributed by atoms with Crippen LogP contribution in [0.1, 0.15) is 24.5 Å². The Kier molecular flexibility index (Phi) is 5.31. The third-order valence-electron chi connectivity index (χ3n) is 2.10. The number of nitrogens with two attached hydrogens (primary N) is 1. The molecule has 2 N–H and O–H groups in total. The zero-order valence-electron chi connectivity index (χ0n) is 9.64. The smallest absolute Gasteiger partial charge is 0.185 e. The highest BCUT2D eigenvalue weighted by Gasteiger charge is 1.97. The van der Waals surface area contributed by atoms with Crippen molar-refractivity contribution >= 4 is 28.6 Å². The third-order valence-corrected chi connectivity index (χ3v) is 2.95. The van der Waals surface area contributed by atoms with Gasteiger partial charge in [-0.15, -0.1) is 0 Å². The molecule has 0 aliphatic heterocycles. The molecule has 0 spiro atoms. The van der Waals surface area contributed by atoms with Crippen LogP contribution >= 0.6 is 11.8 Å². The number of hydrogen-bond acceptors (Lipinski definition) is 4. The van der Waals surface area contributed by atoms with E-state index in [1.165, 1.54) is 11.8 Å². The zero-order valence-corrected chi connectivity index (χ0v) is 10.5. The summed E-state index contributed by atoms with van der Waals surface area (Å²) in [4.78, 5) is 10.7. The maximum absolute atomic E-state index is 10.7. The Hall–Kier alpha value is -1.73. The molecule has 0 aromatic heterocycles. The van der Waals surface area contributed by atoms with Crippen molar-refractivity contribution < 1.29 is 4.79 Å². The van der Waals surface area contributed by atoms with Crippen LogP contribution in [0.5, 0.6) is 0 Å². The number of carbonyl (C=O) groups excluding carboxylic acids is 1. The second-order valence-electron chi connectivity index (χ2n) is 3.49. The minimum Gasteiger partial charge on any atom is -0.398 e. The van der Waals surface area contributed by atoms with E-state index in [0.717, 1.165) is 17.7 Å². The van der Waals surface area contributed by atoms with E-state index >= 15 is 0 Å². The topological polar surface area (TPSA) is 66.9 Å². The first-order valence-corrected chi connectivity index (χ1v) is 6.21. The SMILES string of the molecule is CC(=O)SCCC=Cc1cc(C#N)ccc1N. The van der Waals surface area contributed by atoms with Gasteiger partial charge in [-0.1, -0.05) is 23.9 Å². The van der Waals surface area contributed by atoms with Crippen LogP contribution < -0.4 is 5.73 Å². The minimum absolute atomic E-state index is 0.129. The van der Waals surface area contributed by atoms with Gasteiger partial charge in [0, 0.05) is 18.4 Å². The molecule has 1 aromatic carbocycles. The Labute approximate surface area is 105 Å². The van der Waals surface area contributed by atoms with Gasteiger partial charge < -0.3 is 5.73 Å². The Balaban J connectivity index is 2.59. The lowest BCUT2D eigenvalue weighted by Gasteiger charge is -2.00. The predicted molar refractivity (Wildman–Crippen MR) is 72.4 cm³/mol. The molecule has 0 aliphatic rings. The molecule has 0 fully saturated rings. The summed E-state index contributed by atoms with van der Waals surface area (Å²) in [5, 5.41) is 8.90. The molecule has 0 saturated heterocycles. The van der Waals surface area contributed by atoms with E-state index < -0.39 is 0 Å². The summed E-state index contributed by atoms with van der Waals surface area (Å²) in [7, 11) is 0. The third kappa shape index (κ3) is 4.75. The van der Waals surface area contributed by atoms with E-state index in [1.807, 2.05) is 12.2 Å². The Morgan fingerprint density at radius 2 is 2.35 bits per heavy atom. The number of nitriles is 1. The number of nitrogens with zero attached hydrogens (tertiary/aromatic N) is 1. The van der Waals surface area contributed by atoms with E-state index in [2.05, 4.69) is 6.07 Å². The molecule has 0 radical (unpaired) electrons. The summed E-state index contributed by atoms with van der Waals surface area (Å²) in [6, 6.07) is 7.24. The molecule has 0 amide bonds. The highest BCUT2D eigenvalue weighted by atomic mass is 32.2. The van der Waals surface area contributed by atoms with E-state index in [4.69, 9.17) is 11.0 Å². The zero-order chi connectivity index (χ0) is 12.7. The summed E-state index contributed by atoms with van der Waals surface area (Å²) in [6.45, 7) is 1.56. The molecule has 1 rings (SSSR count). The molecule has 3 nitrogen and oxygen atoms in total. The molecule has 4 heteroatoms. The van der Waals surface area contributed by atoms with Crippen LogP contribution in [-0.2, 0) is 4.79 Å². The minimum atomic E-state index is 0.129. The molecule has 0 saturated carbocycles. The number of anilines is 1. The summed E-state index contributed by atoms with van der Waals surface area (Å²) in [5.74, 6) is 0.768. The molecule has 88 valence electrons. The van der Waals surface area contributed by atoms with Crippen molar-refractivity contribution in [3.8, 4) is 6.07 Å². The summed E-state index contributed by atoms with van der Waals surface area (Å²) >= 11 is 1.30. The lowest BCUT2D eigenvalue weighted by molar-refractivity contribution is -0.109. The molecule has 0 aliphatic carbocycles. The molecule has 17 heavy (non-hydrogen) atoms. The Morgan fingerprint density at radius 3 is 3.00 bits per heavy atom. The van der Waals surface area contributed by atoms with Crippen molar-refractivity contribution in [2.24, 2.45) is 0 Å². The summed E-state index contributed by atoms with van der Waals surface area (Å²) in [5.41, 5.74) is 7.88. The number of hydrogen-bond donors (Lipinski definition) is 1. The first-order chi connectivity index (χ1) is 8.13. The van der Waals surface area contributed by atoms with Crippen LogP contribution in [0.3, 0.4) is 0 Å². The number of benzene rings is 1. The standard InChI is InChI=1S/C13H14N2OS/c1-10(16)17-7-3-2-4-12-8-11(9-14)5-6-13(12)15/h2,4-6,8H,3,7,15H2,1H3. The van der Waals surface area contributed by atoms with Crippen molar-refractivity contribution in [1.82, 2.24) is 0 Å². The number of allylic oxidation sites excluding steroid dienone is 1. The number of rotatable bonds is 4. The van der Waals surface area contributed by atoms with Crippen LogP contribution in [0, 0.1) is 11.3 Å². The number of nitrogen functional groups attached to an aromatic ring is 1. The van der Waals surface area contributed by atoms with Gasteiger partial charge in [0.2, 0.25) is 0 Å². The predicted octanol–water partition coefficient (Wildman–Crippen LogP) is 2.82. The molecule has 0 unspecified atom stereocenters. The van der Waals surface area contributed by atoms with E-state index in [9.17, 15) is 4.79 Å². The van der Waals surface area contributed by atoms with Gasteiger partial charge in [-0.05, 0) is 30.2 Å². The highest BCUT2D eigenvalue weighted by molar-refractivity contribution is 8.13. The number of thioether (sulfide) groups is 1. The molecule has 0 bridgehead atoms. The van der Waals surface area contributed by atoms with Crippen LogP contribution in [0.2, 0.25) is 0 Å². The van der Waals surface area contributed by atoms with Crippen molar-refractivity contribution in [2.45, 2.75) is 13.3 Å². The summed E-state index contributed by atoms with van der Waals surface area (Å²) < 4.78 is 0. The van der Waals surface area contributed by atoms with Crippen molar-refractivity contribution in [2.75, 3.05) is 11.5 Å². The maximum atomic E-state index is 10.7. The van der Waals surface area contributed by atoms with Crippen molar-refractivity contribution in [1.29, 1.82) is 5.26 Å². The van der Waals surface area contributed by atoms with Gasteiger partial charge in [0.25, 0.3) is 0 Å². The van der Waals surface area contributed by atoms with Crippen LogP contribution in [-0.4, -0.2) is 10.9 Å². The monoisotopic (exact) mass is 246 g/mol. The first-order valence-electron chi connectivity index (χ1n) is 5.23. The van der Waals surface area contributed by atoms with Crippen LogP contribution in [0.15, 0.2) is 24.3 Å². The Bertz CT molecular complexity index is 475. The molecule has 0 heterocycles. The maximum Gasteiger partial charge on any atom is 0.185 e. The van der Waals surface area contributed by atoms with Gasteiger partial charge in [0.05, 0.1) is 11.6 Å². The van der Waals surface area contributed by atoms with Crippen LogP contribution in [0.4, 0.5) is 5.69 Å². The van der Waals surface area contributed by atoms with E-state index in [1.54, 1.807) is 25.1 Å². The Morgan fingerprint density at radius 1 is 1.59 bits per heavy atom. The second kappa shape index (κ2) is 6.77. The fourth-order valence-electron chi connectivity index (χ4n) is 1.27. The van der Waals surface area contributed by atoms with Gasteiger partial charge >= 0.3 is 0 Å². The van der Waals surface area contributed by atoms with Gasteiger partial charge in [-0.25, -0.2) is 0 Å². The van der Waals surface area contributed by atoms with Crippen molar-refractivity contribution in [3.63, 3.8) is 0 Å². The molecular weight excluding hydrogens is 232 g/mol. The molecule has 0 atom stereocenters. The van der Waals surface area contributed by atoms with Gasteiger partial charge in [0.1, 0.15) is 0 Å². The molecule has 1 aromatic rings. The van der Waals surface area contributed by atoms with Crippen molar-refractivity contribution in [3.05, 3.63) is 35.4 Å². The van der Waals surface area contributed by atoms with Gasteiger partial charge in [-0.3, -0.25) is 4.79 Å². The fourth-order valence-corrected chi connectivity index (χ4v) is 1.81. The first kappa shape index (κ1) is 13.3. The highest BCUT2D eigenvalue weighted by Crippen LogP contribution is 2.16.